The highest BCUT2D eigenvalue weighted by atomic mass is 35.5. The molecule has 1 aliphatic heterocycles. The highest BCUT2D eigenvalue weighted by Gasteiger charge is 2.23. The standard InChI is InChI=1S/C16H10Cl2N2OS/c17-11-4-6-13(7-5-11)19-16-20-15(21)14(22-16)9-10-2-1-3-12(18)8-10/h1-9H,(H,19,20,21). The molecule has 2 aromatic rings. The van der Waals surface area contributed by atoms with Crippen molar-refractivity contribution in [2.75, 3.05) is 0 Å². The number of thioether (sulfide) groups is 1. The van der Waals surface area contributed by atoms with Gasteiger partial charge in [0.15, 0.2) is 5.17 Å². The SMILES string of the molecule is O=C1NC(=Nc2ccc(Cl)cc2)SC1=Cc1cccc(Cl)c1. The molecule has 0 unspecified atom stereocenters. The molecule has 1 fully saturated rings. The van der Waals surface area contributed by atoms with Crippen molar-refractivity contribution < 1.29 is 4.79 Å². The van der Waals surface area contributed by atoms with Gasteiger partial charge in [0, 0.05) is 10.0 Å². The first-order chi connectivity index (χ1) is 10.6. The molecule has 0 aliphatic carbocycles. The molecule has 0 spiro atoms. The molecule has 6 heteroatoms. The lowest BCUT2D eigenvalue weighted by Crippen LogP contribution is -2.19. The molecule has 22 heavy (non-hydrogen) atoms. The van der Waals surface area contributed by atoms with Crippen LogP contribution >= 0.6 is 35.0 Å². The summed E-state index contributed by atoms with van der Waals surface area (Å²) in [6, 6.07) is 14.4. The van der Waals surface area contributed by atoms with Crippen LogP contribution in [-0.2, 0) is 4.79 Å². The first-order valence-corrected chi connectivity index (χ1v) is 7.98. The van der Waals surface area contributed by atoms with Crippen molar-refractivity contribution in [2.24, 2.45) is 4.99 Å². The molecule has 1 amide bonds. The van der Waals surface area contributed by atoms with Gasteiger partial charge < -0.3 is 5.32 Å². The lowest BCUT2D eigenvalue weighted by molar-refractivity contribution is -0.115. The second-order valence-electron chi connectivity index (χ2n) is 4.51. The number of hydrogen-bond donors (Lipinski definition) is 1. The summed E-state index contributed by atoms with van der Waals surface area (Å²) in [4.78, 5) is 16.9. The van der Waals surface area contributed by atoms with Gasteiger partial charge in [-0.1, -0.05) is 35.3 Å². The number of aliphatic imine (C=N–C) groups is 1. The first kappa shape index (κ1) is 15.2. The maximum Gasteiger partial charge on any atom is 0.264 e. The molecule has 0 bridgehead atoms. The summed E-state index contributed by atoms with van der Waals surface area (Å²) in [6.07, 6.45) is 1.79. The fourth-order valence-corrected chi connectivity index (χ4v) is 3.03. The average Bonchev–Trinajstić information content (AvgIpc) is 2.81. The fourth-order valence-electron chi connectivity index (χ4n) is 1.86. The minimum atomic E-state index is -0.169. The number of amides is 1. The quantitative estimate of drug-likeness (QED) is 0.785. The van der Waals surface area contributed by atoms with Gasteiger partial charge in [0.2, 0.25) is 0 Å². The smallest absolute Gasteiger partial charge is 0.264 e. The van der Waals surface area contributed by atoms with E-state index in [1.165, 1.54) is 11.8 Å². The molecular formula is C16H10Cl2N2OS. The minimum absolute atomic E-state index is 0.169. The highest BCUT2D eigenvalue weighted by molar-refractivity contribution is 8.18. The molecule has 110 valence electrons. The Kier molecular flexibility index (Phi) is 4.52. The molecule has 2 aromatic carbocycles. The predicted octanol–water partition coefficient (Wildman–Crippen LogP) is 4.89. The van der Waals surface area contributed by atoms with E-state index in [-0.39, 0.29) is 5.91 Å². The number of halogens is 2. The third-order valence-electron chi connectivity index (χ3n) is 2.85. The Hall–Kier alpha value is -1.75. The zero-order valence-corrected chi connectivity index (χ0v) is 13.5. The number of carbonyl (C=O) groups excluding carboxylic acids is 1. The molecule has 1 N–H and O–H groups in total. The summed E-state index contributed by atoms with van der Waals surface area (Å²) in [7, 11) is 0. The molecule has 1 aliphatic rings. The lowest BCUT2D eigenvalue weighted by atomic mass is 10.2. The summed E-state index contributed by atoms with van der Waals surface area (Å²) in [5, 5.41) is 4.56. The van der Waals surface area contributed by atoms with Crippen molar-refractivity contribution in [1.29, 1.82) is 0 Å². The van der Waals surface area contributed by atoms with E-state index >= 15 is 0 Å². The molecular weight excluding hydrogens is 339 g/mol. The molecule has 0 aromatic heterocycles. The monoisotopic (exact) mass is 348 g/mol. The normalized spacial score (nSPS) is 18.0. The molecule has 1 saturated heterocycles. The lowest BCUT2D eigenvalue weighted by Gasteiger charge is -1.96. The summed E-state index contributed by atoms with van der Waals surface area (Å²) >= 11 is 13.1. The van der Waals surface area contributed by atoms with Crippen LogP contribution in [0.15, 0.2) is 58.4 Å². The van der Waals surface area contributed by atoms with Gasteiger partial charge in [0.05, 0.1) is 10.6 Å². The van der Waals surface area contributed by atoms with Crippen molar-refractivity contribution in [3.8, 4) is 0 Å². The number of amidine groups is 1. The van der Waals surface area contributed by atoms with Gasteiger partial charge in [-0.2, -0.15) is 0 Å². The Morgan fingerprint density at radius 1 is 1.05 bits per heavy atom. The van der Waals surface area contributed by atoms with Gasteiger partial charge in [-0.25, -0.2) is 4.99 Å². The minimum Gasteiger partial charge on any atom is -0.300 e. The third-order valence-corrected chi connectivity index (χ3v) is 4.25. The Morgan fingerprint density at radius 3 is 2.55 bits per heavy atom. The van der Waals surface area contributed by atoms with Crippen LogP contribution in [0.5, 0.6) is 0 Å². The van der Waals surface area contributed by atoms with E-state index in [2.05, 4.69) is 10.3 Å². The van der Waals surface area contributed by atoms with Gasteiger partial charge in [0.1, 0.15) is 0 Å². The van der Waals surface area contributed by atoms with E-state index in [9.17, 15) is 4.79 Å². The van der Waals surface area contributed by atoms with Crippen LogP contribution in [0, 0.1) is 0 Å². The number of nitrogens with zero attached hydrogens (tertiary/aromatic N) is 1. The summed E-state index contributed by atoms with van der Waals surface area (Å²) in [6.45, 7) is 0. The molecule has 0 atom stereocenters. The Morgan fingerprint density at radius 2 is 1.82 bits per heavy atom. The van der Waals surface area contributed by atoms with Crippen LogP contribution < -0.4 is 5.32 Å². The van der Waals surface area contributed by atoms with E-state index in [4.69, 9.17) is 23.2 Å². The first-order valence-electron chi connectivity index (χ1n) is 6.41. The highest BCUT2D eigenvalue weighted by Crippen LogP contribution is 2.28. The third kappa shape index (κ3) is 3.71. The van der Waals surface area contributed by atoms with Crippen molar-refractivity contribution >= 4 is 57.8 Å². The zero-order chi connectivity index (χ0) is 15.5. The Bertz CT molecular complexity index is 785. The molecule has 3 rings (SSSR count). The Labute approximate surface area is 142 Å². The molecule has 1 heterocycles. The predicted molar refractivity (Wildman–Crippen MR) is 93.7 cm³/mol. The summed E-state index contributed by atoms with van der Waals surface area (Å²) in [5.41, 5.74) is 1.61. The summed E-state index contributed by atoms with van der Waals surface area (Å²) < 4.78 is 0. The van der Waals surface area contributed by atoms with Gasteiger partial charge in [-0.3, -0.25) is 4.79 Å². The van der Waals surface area contributed by atoms with Crippen molar-refractivity contribution in [1.82, 2.24) is 5.32 Å². The van der Waals surface area contributed by atoms with Crippen LogP contribution in [0.2, 0.25) is 10.0 Å². The Balaban J connectivity index is 1.82. The number of nitrogens with one attached hydrogen (secondary N) is 1. The largest absolute Gasteiger partial charge is 0.300 e. The van der Waals surface area contributed by atoms with Crippen LogP contribution in [0.25, 0.3) is 6.08 Å². The van der Waals surface area contributed by atoms with Crippen molar-refractivity contribution in [3.63, 3.8) is 0 Å². The number of hydrogen-bond acceptors (Lipinski definition) is 3. The molecule has 0 saturated carbocycles. The van der Waals surface area contributed by atoms with Gasteiger partial charge >= 0.3 is 0 Å². The van der Waals surface area contributed by atoms with Crippen LogP contribution in [0.1, 0.15) is 5.56 Å². The van der Waals surface area contributed by atoms with E-state index in [0.29, 0.717) is 20.1 Å². The van der Waals surface area contributed by atoms with Crippen LogP contribution in [-0.4, -0.2) is 11.1 Å². The maximum atomic E-state index is 12.0. The van der Waals surface area contributed by atoms with Gasteiger partial charge in [-0.05, 0) is 59.8 Å². The molecule has 0 radical (unpaired) electrons. The number of rotatable bonds is 2. The fraction of sp³-hybridized carbons (Fsp3) is 0. The van der Waals surface area contributed by atoms with E-state index in [1.54, 1.807) is 42.5 Å². The maximum absolute atomic E-state index is 12.0. The molecule has 3 nitrogen and oxygen atoms in total. The van der Waals surface area contributed by atoms with E-state index < -0.39 is 0 Å². The van der Waals surface area contributed by atoms with Gasteiger partial charge in [0.25, 0.3) is 5.91 Å². The second kappa shape index (κ2) is 6.57. The second-order valence-corrected chi connectivity index (χ2v) is 6.42. The summed E-state index contributed by atoms with van der Waals surface area (Å²) in [5.74, 6) is -0.169. The number of benzene rings is 2. The zero-order valence-electron chi connectivity index (χ0n) is 11.2. The van der Waals surface area contributed by atoms with E-state index in [0.717, 1.165) is 11.3 Å². The van der Waals surface area contributed by atoms with Crippen LogP contribution in [0.4, 0.5) is 5.69 Å². The van der Waals surface area contributed by atoms with Gasteiger partial charge in [-0.15, -0.1) is 0 Å². The van der Waals surface area contributed by atoms with Crippen molar-refractivity contribution in [3.05, 3.63) is 69.0 Å². The average molecular weight is 349 g/mol. The topological polar surface area (TPSA) is 41.5 Å². The van der Waals surface area contributed by atoms with Crippen LogP contribution in [0.3, 0.4) is 0 Å². The van der Waals surface area contributed by atoms with Crippen molar-refractivity contribution in [2.45, 2.75) is 0 Å². The van der Waals surface area contributed by atoms with E-state index in [1.807, 2.05) is 12.1 Å². The number of carbonyl (C=O) groups is 1.